The number of ether oxygens (including phenoxy) is 1. The van der Waals surface area contributed by atoms with Gasteiger partial charge in [0.25, 0.3) is 0 Å². The smallest absolute Gasteiger partial charge is 0.162 e. The molecule has 1 atom stereocenters. The molecule has 5 heteroatoms. The number of unbranched alkanes of at least 4 members (excludes halogenated alkanes) is 2. The lowest BCUT2D eigenvalue weighted by atomic mass is 9.93. The molecule has 2 aromatic carbocycles. The number of fused-ring (bicyclic) bond motifs is 1. The van der Waals surface area contributed by atoms with Gasteiger partial charge in [-0.25, -0.2) is 0 Å². The number of benzene rings is 2. The fourth-order valence-electron chi connectivity index (χ4n) is 5.82. The number of carbonyl (C=O) groups is 1. The van der Waals surface area contributed by atoms with Crippen LogP contribution in [0.2, 0.25) is 0 Å². The van der Waals surface area contributed by atoms with E-state index in [1.807, 2.05) is 0 Å². The van der Waals surface area contributed by atoms with E-state index in [0.29, 0.717) is 6.42 Å². The van der Waals surface area contributed by atoms with Gasteiger partial charge < -0.3 is 14.7 Å². The highest BCUT2D eigenvalue weighted by atomic mass is 16.5. The van der Waals surface area contributed by atoms with Gasteiger partial charge in [0.15, 0.2) is 5.78 Å². The molecule has 1 N–H and O–H groups in total. The summed E-state index contributed by atoms with van der Waals surface area (Å²) in [6, 6.07) is 10.7. The van der Waals surface area contributed by atoms with Gasteiger partial charge in [-0.2, -0.15) is 0 Å². The molecule has 3 aliphatic heterocycles. The second-order valence-electron chi connectivity index (χ2n) is 9.85. The molecule has 0 aromatic heterocycles. The highest BCUT2D eigenvalue weighted by Crippen LogP contribution is 2.39. The summed E-state index contributed by atoms with van der Waals surface area (Å²) in [5.41, 5.74) is 7.42. The van der Waals surface area contributed by atoms with Crippen LogP contribution in [-0.4, -0.2) is 48.8 Å². The van der Waals surface area contributed by atoms with Crippen LogP contribution in [0.4, 0.5) is 5.69 Å². The monoisotopic (exact) mass is 448 g/mol. The lowest BCUT2D eigenvalue weighted by Gasteiger charge is -2.32. The van der Waals surface area contributed by atoms with Gasteiger partial charge in [0.05, 0.1) is 7.11 Å². The Morgan fingerprint density at radius 3 is 2.70 bits per heavy atom. The number of methoxy groups -OCH3 is 1. The van der Waals surface area contributed by atoms with E-state index in [1.165, 1.54) is 34.4 Å². The second kappa shape index (κ2) is 9.86. The summed E-state index contributed by atoms with van der Waals surface area (Å²) >= 11 is 0. The number of aliphatic hydroxyl groups is 1. The zero-order valence-corrected chi connectivity index (χ0v) is 19.8. The van der Waals surface area contributed by atoms with Crippen molar-refractivity contribution in [3.63, 3.8) is 0 Å². The third kappa shape index (κ3) is 4.80. The standard InChI is InChI=1S/C28H36N2O3/c1-33-25-10-8-23-19-29(14-5-6-20(23)18-25)13-4-2-3-7-26(31)24-16-21-9-11-27(32)30-15-12-22(17-24)28(21)30/h8,10,16-18,27,32H,2-7,9,11-15,19H2,1H3. The lowest BCUT2D eigenvalue weighted by molar-refractivity contribution is 0.0978. The number of carbonyl (C=O) groups excluding carboxylic acids is 1. The van der Waals surface area contributed by atoms with Crippen LogP contribution >= 0.6 is 0 Å². The molecule has 5 nitrogen and oxygen atoms in total. The minimum atomic E-state index is -0.360. The molecule has 176 valence electrons. The molecule has 0 radical (unpaired) electrons. The zero-order valence-electron chi connectivity index (χ0n) is 19.8. The molecule has 0 amide bonds. The molecule has 3 heterocycles. The minimum absolute atomic E-state index is 0.274. The van der Waals surface area contributed by atoms with Crippen molar-refractivity contribution >= 4 is 11.5 Å². The van der Waals surface area contributed by atoms with Gasteiger partial charge in [0.2, 0.25) is 0 Å². The maximum absolute atomic E-state index is 12.9. The molecule has 0 saturated carbocycles. The number of ketones is 1. The first-order valence-electron chi connectivity index (χ1n) is 12.6. The van der Waals surface area contributed by atoms with Crippen LogP contribution in [0.15, 0.2) is 30.3 Å². The number of aryl methyl sites for hydroxylation is 2. The van der Waals surface area contributed by atoms with Crippen LogP contribution in [0.25, 0.3) is 0 Å². The summed E-state index contributed by atoms with van der Waals surface area (Å²) in [6.45, 7) is 4.12. The van der Waals surface area contributed by atoms with Crippen molar-refractivity contribution in [1.82, 2.24) is 4.90 Å². The normalized spacial score (nSPS) is 19.7. The average Bonchev–Trinajstić information content (AvgIpc) is 3.16. The van der Waals surface area contributed by atoms with Crippen molar-refractivity contribution in [2.75, 3.05) is 31.6 Å². The summed E-state index contributed by atoms with van der Waals surface area (Å²) in [7, 11) is 1.73. The summed E-state index contributed by atoms with van der Waals surface area (Å²) in [6.07, 6.45) is 8.34. The van der Waals surface area contributed by atoms with Crippen LogP contribution in [0, 0.1) is 0 Å². The molecule has 0 aliphatic carbocycles. The van der Waals surface area contributed by atoms with Crippen molar-refractivity contribution in [2.45, 2.75) is 70.6 Å². The number of aliphatic hydroxyl groups excluding tert-OH is 1. The summed E-state index contributed by atoms with van der Waals surface area (Å²) in [5.74, 6) is 1.23. The highest BCUT2D eigenvalue weighted by Gasteiger charge is 2.32. The highest BCUT2D eigenvalue weighted by molar-refractivity contribution is 5.97. The molecular formula is C28H36N2O3. The Labute approximate surface area is 197 Å². The quantitative estimate of drug-likeness (QED) is 0.476. The van der Waals surface area contributed by atoms with Gasteiger partial charge in [0, 0.05) is 30.8 Å². The van der Waals surface area contributed by atoms with Gasteiger partial charge in [-0.3, -0.25) is 9.69 Å². The molecule has 0 fully saturated rings. The van der Waals surface area contributed by atoms with E-state index in [0.717, 1.165) is 82.4 Å². The van der Waals surface area contributed by atoms with Crippen LogP contribution in [-0.2, 0) is 25.8 Å². The summed E-state index contributed by atoms with van der Waals surface area (Å²) < 4.78 is 5.38. The molecule has 0 saturated heterocycles. The molecule has 33 heavy (non-hydrogen) atoms. The molecule has 3 aliphatic rings. The van der Waals surface area contributed by atoms with Gasteiger partial charge in [-0.1, -0.05) is 12.5 Å². The predicted molar refractivity (Wildman–Crippen MR) is 131 cm³/mol. The Balaban J connectivity index is 1.09. The van der Waals surface area contributed by atoms with Crippen LogP contribution in [0.5, 0.6) is 5.75 Å². The molecule has 0 bridgehead atoms. The number of hydrogen-bond donors (Lipinski definition) is 1. The SMILES string of the molecule is COc1ccc2c(c1)CCCN(CCCCCC(=O)c1cc3c4c(c1)CCN4C(O)CC3)C2. The predicted octanol–water partition coefficient (Wildman–Crippen LogP) is 4.51. The first-order chi connectivity index (χ1) is 16.1. The largest absolute Gasteiger partial charge is 0.497 e. The van der Waals surface area contributed by atoms with Crippen molar-refractivity contribution in [2.24, 2.45) is 0 Å². The molecule has 2 aromatic rings. The van der Waals surface area contributed by atoms with Gasteiger partial charge in [-0.05, 0) is 105 Å². The Morgan fingerprint density at radius 1 is 1.00 bits per heavy atom. The van der Waals surface area contributed by atoms with E-state index in [1.54, 1.807) is 7.11 Å². The third-order valence-corrected chi connectivity index (χ3v) is 7.64. The maximum Gasteiger partial charge on any atom is 0.162 e. The number of Topliss-reactive ketones (excluding diaryl/α,β-unsaturated/α-hetero) is 1. The first-order valence-corrected chi connectivity index (χ1v) is 12.6. The Hall–Kier alpha value is -2.37. The Kier molecular flexibility index (Phi) is 6.70. The molecular weight excluding hydrogens is 412 g/mol. The number of rotatable bonds is 8. The third-order valence-electron chi connectivity index (χ3n) is 7.64. The maximum atomic E-state index is 12.9. The Morgan fingerprint density at radius 2 is 1.85 bits per heavy atom. The van der Waals surface area contributed by atoms with Gasteiger partial charge >= 0.3 is 0 Å². The van der Waals surface area contributed by atoms with E-state index in [9.17, 15) is 9.90 Å². The average molecular weight is 449 g/mol. The van der Waals surface area contributed by atoms with Crippen molar-refractivity contribution < 1.29 is 14.6 Å². The topological polar surface area (TPSA) is 53.0 Å². The van der Waals surface area contributed by atoms with Crippen molar-refractivity contribution in [3.05, 3.63) is 58.1 Å². The first kappa shape index (κ1) is 22.4. The van der Waals surface area contributed by atoms with E-state index in [-0.39, 0.29) is 12.0 Å². The number of anilines is 1. The Bertz CT molecular complexity index is 1020. The second-order valence-corrected chi connectivity index (χ2v) is 9.85. The molecule has 1 unspecified atom stereocenters. The number of hydrogen-bond acceptors (Lipinski definition) is 5. The fraction of sp³-hybridized carbons (Fsp3) is 0.536. The fourth-order valence-corrected chi connectivity index (χ4v) is 5.82. The van der Waals surface area contributed by atoms with E-state index in [2.05, 4.69) is 40.1 Å². The lowest BCUT2D eigenvalue weighted by Crippen LogP contribution is -2.37. The van der Waals surface area contributed by atoms with Crippen molar-refractivity contribution in [1.29, 1.82) is 0 Å². The van der Waals surface area contributed by atoms with Gasteiger partial charge in [0.1, 0.15) is 12.0 Å². The van der Waals surface area contributed by atoms with Crippen molar-refractivity contribution in [3.8, 4) is 5.75 Å². The minimum Gasteiger partial charge on any atom is -0.497 e. The van der Waals surface area contributed by atoms with E-state index < -0.39 is 0 Å². The van der Waals surface area contributed by atoms with E-state index >= 15 is 0 Å². The van der Waals surface area contributed by atoms with Crippen LogP contribution in [0.3, 0.4) is 0 Å². The zero-order chi connectivity index (χ0) is 22.8. The van der Waals surface area contributed by atoms with Crippen LogP contribution < -0.4 is 9.64 Å². The van der Waals surface area contributed by atoms with E-state index in [4.69, 9.17) is 4.74 Å². The van der Waals surface area contributed by atoms with Gasteiger partial charge in [-0.15, -0.1) is 0 Å². The number of nitrogens with zero attached hydrogens (tertiary/aromatic N) is 2. The molecule has 5 rings (SSSR count). The molecule has 0 spiro atoms. The summed E-state index contributed by atoms with van der Waals surface area (Å²) in [5, 5.41) is 10.2. The van der Waals surface area contributed by atoms with Crippen LogP contribution in [0.1, 0.15) is 71.1 Å². The summed E-state index contributed by atoms with van der Waals surface area (Å²) in [4.78, 5) is 17.6.